The molecule has 1 N–H and O–H groups in total. The number of para-hydroxylation sites is 1. The second-order valence-corrected chi connectivity index (χ2v) is 7.91. The van der Waals surface area contributed by atoms with E-state index in [1.54, 1.807) is 35.2 Å². The van der Waals surface area contributed by atoms with Crippen molar-refractivity contribution in [2.45, 2.75) is 38.5 Å². The summed E-state index contributed by atoms with van der Waals surface area (Å²) in [7, 11) is 0. The fourth-order valence-electron chi connectivity index (χ4n) is 4.15. The molecule has 2 saturated heterocycles. The normalized spacial score (nSPS) is 17.0. The van der Waals surface area contributed by atoms with Gasteiger partial charge in [0.05, 0.1) is 11.3 Å². The van der Waals surface area contributed by atoms with Crippen molar-refractivity contribution in [1.29, 1.82) is 0 Å². The molecule has 0 spiro atoms. The van der Waals surface area contributed by atoms with Crippen LogP contribution in [0.4, 0.5) is 11.4 Å². The SMILES string of the molecule is O=C(Nc1ccccc1C(=O)N1CCCCCC1)c1cccc(N2CCCC2=O)c1. The lowest BCUT2D eigenvalue weighted by atomic mass is 10.1. The molecule has 2 heterocycles. The number of benzene rings is 2. The third-order valence-corrected chi connectivity index (χ3v) is 5.79. The Morgan fingerprint density at radius 3 is 2.33 bits per heavy atom. The maximum absolute atomic E-state index is 13.1. The summed E-state index contributed by atoms with van der Waals surface area (Å²) in [6.45, 7) is 2.19. The van der Waals surface area contributed by atoms with Crippen molar-refractivity contribution in [2.24, 2.45) is 0 Å². The van der Waals surface area contributed by atoms with Crippen molar-refractivity contribution in [3.05, 3.63) is 59.7 Å². The number of hydrogen-bond acceptors (Lipinski definition) is 3. The molecule has 6 nitrogen and oxygen atoms in total. The highest BCUT2D eigenvalue weighted by molar-refractivity contribution is 6.09. The van der Waals surface area contributed by atoms with Crippen LogP contribution < -0.4 is 10.2 Å². The van der Waals surface area contributed by atoms with Gasteiger partial charge in [0, 0.05) is 37.3 Å². The Hall–Kier alpha value is -3.15. The number of carbonyl (C=O) groups excluding carboxylic acids is 3. The van der Waals surface area contributed by atoms with E-state index in [0.29, 0.717) is 29.8 Å². The monoisotopic (exact) mass is 405 g/mol. The lowest BCUT2D eigenvalue weighted by Crippen LogP contribution is -2.32. The van der Waals surface area contributed by atoms with Crippen molar-refractivity contribution >= 4 is 29.1 Å². The van der Waals surface area contributed by atoms with E-state index in [4.69, 9.17) is 0 Å². The molecular weight excluding hydrogens is 378 g/mol. The molecule has 6 heteroatoms. The number of hydrogen-bond donors (Lipinski definition) is 1. The van der Waals surface area contributed by atoms with Crippen LogP contribution in [0.15, 0.2) is 48.5 Å². The molecule has 0 atom stereocenters. The zero-order valence-electron chi connectivity index (χ0n) is 17.1. The summed E-state index contributed by atoms with van der Waals surface area (Å²) in [4.78, 5) is 41.6. The summed E-state index contributed by atoms with van der Waals surface area (Å²) >= 11 is 0. The Morgan fingerprint density at radius 2 is 1.60 bits per heavy atom. The van der Waals surface area contributed by atoms with Crippen LogP contribution in [0, 0.1) is 0 Å². The molecule has 2 aromatic carbocycles. The Morgan fingerprint density at radius 1 is 0.833 bits per heavy atom. The largest absolute Gasteiger partial charge is 0.339 e. The van der Waals surface area contributed by atoms with Crippen LogP contribution in [-0.2, 0) is 4.79 Å². The summed E-state index contributed by atoms with van der Waals surface area (Å²) < 4.78 is 0. The summed E-state index contributed by atoms with van der Waals surface area (Å²) in [5.41, 5.74) is 2.22. The molecule has 0 saturated carbocycles. The highest BCUT2D eigenvalue weighted by Crippen LogP contribution is 2.24. The lowest BCUT2D eigenvalue weighted by molar-refractivity contribution is -0.117. The van der Waals surface area contributed by atoms with Gasteiger partial charge in [-0.05, 0) is 49.6 Å². The predicted octanol–water partition coefficient (Wildman–Crippen LogP) is 4.08. The Kier molecular flexibility index (Phi) is 6.12. The van der Waals surface area contributed by atoms with Gasteiger partial charge in [0.25, 0.3) is 11.8 Å². The number of anilines is 2. The summed E-state index contributed by atoms with van der Waals surface area (Å²) in [5.74, 6) is -0.246. The fourth-order valence-corrected chi connectivity index (χ4v) is 4.15. The third-order valence-electron chi connectivity index (χ3n) is 5.79. The van der Waals surface area contributed by atoms with E-state index in [9.17, 15) is 14.4 Å². The third kappa shape index (κ3) is 4.37. The van der Waals surface area contributed by atoms with Crippen molar-refractivity contribution in [1.82, 2.24) is 4.90 Å². The average molecular weight is 405 g/mol. The molecule has 2 aromatic rings. The van der Waals surface area contributed by atoms with Gasteiger partial charge < -0.3 is 15.1 Å². The zero-order valence-corrected chi connectivity index (χ0v) is 17.1. The van der Waals surface area contributed by atoms with E-state index in [1.165, 1.54) is 0 Å². The molecule has 0 aromatic heterocycles. The molecule has 2 aliphatic heterocycles. The van der Waals surface area contributed by atoms with E-state index >= 15 is 0 Å². The van der Waals surface area contributed by atoms with Crippen LogP contribution in [0.25, 0.3) is 0 Å². The number of amides is 3. The maximum atomic E-state index is 13.1. The van der Waals surface area contributed by atoms with Crippen molar-refractivity contribution < 1.29 is 14.4 Å². The van der Waals surface area contributed by atoms with Gasteiger partial charge in [-0.1, -0.05) is 31.0 Å². The Bertz CT molecular complexity index is 948. The smallest absolute Gasteiger partial charge is 0.255 e. The number of carbonyl (C=O) groups is 3. The van der Waals surface area contributed by atoms with Crippen LogP contribution in [0.5, 0.6) is 0 Å². The number of rotatable bonds is 4. The fraction of sp³-hybridized carbons (Fsp3) is 0.375. The molecule has 30 heavy (non-hydrogen) atoms. The summed E-state index contributed by atoms with van der Waals surface area (Å²) in [5, 5.41) is 2.90. The van der Waals surface area contributed by atoms with Crippen LogP contribution in [0.3, 0.4) is 0 Å². The lowest BCUT2D eigenvalue weighted by Gasteiger charge is -2.22. The van der Waals surface area contributed by atoms with Gasteiger partial charge in [0.2, 0.25) is 5.91 Å². The van der Waals surface area contributed by atoms with E-state index in [-0.39, 0.29) is 17.7 Å². The summed E-state index contributed by atoms with van der Waals surface area (Å²) in [6.07, 6.45) is 5.71. The van der Waals surface area contributed by atoms with E-state index < -0.39 is 0 Å². The highest BCUT2D eigenvalue weighted by atomic mass is 16.2. The van der Waals surface area contributed by atoms with Gasteiger partial charge >= 0.3 is 0 Å². The van der Waals surface area contributed by atoms with E-state index in [2.05, 4.69) is 5.32 Å². The minimum absolute atomic E-state index is 0.0378. The van der Waals surface area contributed by atoms with Crippen LogP contribution >= 0.6 is 0 Å². The molecular formula is C24H27N3O3. The van der Waals surface area contributed by atoms with E-state index in [0.717, 1.165) is 50.9 Å². The average Bonchev–Trinajstić information content (AvgIpc) is 3.02. The number of nitrogens with one attached hydrogen (secondary N) is 1. The quantitative estimate of drug-likeness (QED) is 0.833. The van der Waals surface area contributed by atoms with Gasteiger partial charge in [-0.15, -0.1) is 0 Å². The molecule has 3 amide bonds. The zero-order chi connectivity index (χ0) is 20.9. The first-order chi connectivity index (χ1) is 14.6. The van der Waals surface area contributed by atoms with Gasteiger partial charge in [-0.3, -0.25) is 14.4 Å². The van der Waals surface area contributed by atoms with Gasteiger partial charge in [0.1, 0.15) is 0 Å². The van der Waals surface area contributed by atoms with Gasteiger partial charge in [0.15, 0.2) is 0 Å². The van der Waals surface area contributed by atoms with Crippen LogP contribution in [0.2, 0.25) is 0 Å². The molecule has 2 aliphatic rings. The molecule has 4 rings (SSSR count). The van der Waals surface area contributed by atoms with Crippen molar-refractivity contribution in [3.8, 4) is 0 Å². The summed E-state index contributed by atoms with van der Waals surface area (Å²) in [6, 6.07) is 14.2. The minimum atomic E-state index is -0.292. The van der Waals surface area contributed by atoms with Crippen LogP contribution in [-0.4, -0.2) is 42.3 Å². The second-order valence-electron chi connectivity index (χ2n) is 7.91. The topological polar surface area (TPSA) is 69.7 Å². The predicted molar refractivity (Wildman–Crippen MR) is 117 cm³/mol. The molecule has 0 aliphatic carbocycles. The molecule has 156 valence electrons. The first-order valence-electron chi connectivity index (χ1n) is 10.7. The van der Waals surface area contributed by atoms with E-state index in [1.807, 2.05) is 23.1 Å². The first-order valence-corrected chi connectivity index (χ1v) is 10.7. The van der Waals surface area contributed by atoms with Gasteiger partial charge in [-0.25, -0.2) is 0 Å². The van der Waals surface area contributed by atoms with Crippen molar-refractivity contribution in [2.75, 3.05) is 29.9 Å². The standard InChI is InChI=1S/C24H27N3O3/c28-22-13-8-16-27(22)19-10-7-9-18(17-19)23(29)25-21-12-4-3-11-20(21)24(30)26-14-5-1-2-6-15-26/h3-4,7,9-12,17H,1-2,5-6,8,13-16H2,(H,25,29). The second kappa shape index (κ2) is 9.11. The van der Waals surface area contributed by atoms with Crippen LogP contribution in [0.1, 0.15) is 59.2 Å². The number of nitrogens with zero attached hydrogens (tertiary/aromatic N) is 2. The number of likely N-dealkylation sites (tertiary alicyclic amines) is 1. The Balaban J connectivity index is 1.53. The minimum Gasteiger partial charge on any atom is -0.339 e. The molecule has 2 fully saturated rings. The van der Waals surface area contributed by atoms with Gasteiger partial charge in [-0.2, -0.15) is 0 Å². The molecule has 0 radical (unpaired) electrons. The molecule has 0 bridgehead atoms. The van der Waals surface area contributed by atoms with Crippen molar-refractivity contribution in [3.63, 3.8) is 0 Å². The highest BCUT2D eigenvalue weighted by Gasteiger charge is 2.23. The maximum Gasteiger partial charge on any atom is 0.255 e. The molecule has 0 unspecified atom stereocenters. The first kappa shape index (κ1) is 20.1. The Labute approximate surface area is 176 Å².